The SMILES string of the molecule is Cc1ccc(SCCNC(=O)CCc2ccc(C(=O)O)cc2)cc1. The molecule has 0 atom stereocenters. The van der Waals surface area contributed by atoms with Crippen molar-refractivity contribution in [2.24, 2.45) is 0 Å². The van der Waals surface area contributed by atoms with E-state index >= 15 is 0 Å². The molecule has 24 heavy (non-hydrogen) atoms. The quantitative estimate of drug-likeness (QED) is 0.568. The molecule has 1 amide bonds. The van der Waals surface area contributed by atoms with E-state index in [1.54, 1.807) is 36.0 Å². The number of carboxylic acid groups (broad SMARTS) is 1. The number of carboxylic acids is 1. The highest BCUT2D eigenvalue weighted by Gasteiger charge is 2.04. The number of hydrogen-bond acceptors (Lipinski definition) is 3. The van der Waals surface area contributed by atoms with Gasteiger partial charge in [-0.1, -0.05) is 29.8 Å². The molecule has 126 valence electrons. The fraction of sp³-hybridized carbons (Fsp3) is 0.263. The van der Waals surface area contributed by atoms with Gasteiger partial charge < -0.3 is 10.4 Å². The van der Waals surface area contributed by atoms with Crippen molar-refractivity contribution in [3.05, 3.63) is 65.2 Å². The third kappa shape index (κ3) is 6.08. The van der Waals surface area contributed by atoms with Crippen LogP contribution in [-0.2, 0) is 11.2 Å². The van der Waals surface area contributed by atoms with Crippen LogP contribution >= 0.6 is 11.8 Å². The largest absolute Gasteiger partial charge is 0.478 e. The van der Waals surface area contributed by atoms with E-state index < -0.39 is 5.97 Å². The summed E-state index contributed by atoms with van der Waals surface area (Å²) in [5.74, 6) is -0.0885. The van der Waals surface area contributed by atoms with Gasteiger partial charge in [-0.25, -0.2) is 4.79 Å². The zero-order valence-electron chi connectivity index (χ0n) is 13.6. The smallest absolute Gasteiger partial charge is 0.335 e. The van der Waals surface area contributed by atoms with E-state index in [1.165, 1.54) is 10.5 Å². The first-order chi connectivity index (χ1) is 11.5. The van der Waals surface area contributed by atoms with Crippen LogP contribution in [-0.4, -0.2) is 29.3 Å². The lowest BCUT2D eigenvalue weighted by atomic mass is 10.1. The van der Waals surface area contributed by atoms with Gasteiger partial charge in [0.15, 0.2) is 0 Å². The Kier molecular flexibility index (Phi) is 6.88. The average molecular weight is 343 g/mol. The molecule has 2 rings (SSSR count). The Bertz CT molecular complexity index is 681. The highest BCUT2D eigenvalue weighted by Crippen LogP contribution is 2.17. The highest BCUT2D eigenvalue weighted by atomic mass is 32.2. The third-order valence-corrected chi connectivity index (χ3v) is 4.57. The summed E-state index contributed by atoms with van der Waals surface area (Å²) in [7, 11) is 0. The standard InChI is InChI=1S/C19H21NO3S/c1-14-2-9-17(10-3-14)24-13-12-20-18(21)11-6-15-4-7-16(8-5-15)19(22)23/h2-5,7-10H,6,11-13H2,1H3,(H,20,21)(H,22,23). The van der Waals surface area contributed by atoms with Crippen LogP contribution in [0.4, 0.5) is 0 Å². The Morgan fingerprint density at radius 2 is 1.71 bits per heavy atom. The molecule has 4 nitrogen and oxygen atoms in total. The molecule has 0 aliphatic rings. The van der Waals surface area contributed by atoms with Crippen LogP contribution < -0.4 is 5.32 Å². The van der Waals surface area contributed by atoms with Gasteiger partial charge in [-0.15, -0.1) is 11.8 Å². The number of thioether (sulfide) groups is 1. The number of carbonyl (C=O) groups is 2. The second kappa shape index (κ2) is 9.13. The fourth-order valence-electron chi connectivity index (χ4n) is 2.15. The zero-order valence-corrected chi connectivity index (χ0v) is 14.4. The molecule has 0 radical (unpaired) electrons. The summed E-state index contributed by atoms with van der Waals surface area (Å²) < 4.78 is 0. The van der Waals surface area contributed by atoms with Crippen LogP contribution in [0.2, 0.25) is 0 Å². The highest BCUT2D eigenvalue weighted by molar-refractivity contribution is 7.99. The molecule has 0 heterocycles. The molecule has 0 aliphatic carbocycles. The molecule has 0 aliphatic heterocycles. The summed E-state index contributed by atoms with van der Waals surface area (Å²) in [4.78, 5) is 23.8. The van der Waals surface area contributed by atoms with Crippen molar-refractivity contribution in [3.63, 3.8) is 0 Å². The number of carbonyl (C=O) groups excluding carboxylic acids is 1. The summed E-state index contributed by atoms with van der Waals surface area (Å²) in [6.45, 7) is 2.69. The van der Waals surface area contributed by atoms with Crippen molar-refractivity contribution in [2.75, 3.05) is 12.3 Å². The molecule has 5 heteroatoms. The summed E-state index contributed by atoms with van der Waals surface area (Å²) in [5.41, 5.74) is 2.46. The van der Waals surface area contributed by atoms with Gasteiger partial charge in [0.1, 0.15) is 0 Å². The van der Waals surface area contributed by atoms with Crippen molar-refractivity contribution in [2.45, 2.75) is 24.7 Å². The molecule has 0 bridgehead atoms. The van der Waals surface area contributed by atoms with Crippen molar-refractivity contribution in [3.8, 4) is 0 Å². The van der Waals surface area contributed by atoms with Gasteiger partial charge >= 0.3 is 5.97 Å². The van der Waals surface area contributed by atoms with Crippen LogP contribution in [0.1, 0.15) is 27.9 Å². The molecule has 2 aromatic rings. The number of amides is 1. The van der Waals surface area contributed by atoms with Gasteiger partial charge in [-0.2, -0.15) is 0 Å². The Morgan fingerprint density at radius 3 is 2.33 bits per heavy atom. The maximum Gasteiger partial charge on any atom is 0.335 e. The number of benzene rings is 2. The van der Waals surface area contributed by atoms with Crippen molar-refractivity contribution >= 4 is 23.6 Å². The normalized spacial score (nSPS) is 10.4. The molecule has 0 saturated heterocycles. The molecule has 0 saturated carbocycles. The van der Waals surface area contributed by atoms with Crippen LogP contribution in [0.15, 0.2) is 53.4 Å². The van der Waals surface area contributed by atoms with E-state index in [1.807, 2.05) is 0 Å². The second-order valence-corrected chi connectivity index (χ2v) is 6.68. The Balaban J connectivity index is 1.64. The summed E-state index contributed by atoms with van der Waals surface area (Å²) in [5, 5.41) is 11.8. The van der Waals surface area contributed by atoms with E-state index in [4.69, 9.17) is 5.11 Å². The molecule has 0 unspecified atom stereocenters. The maximum atomic E-state index is 11.8. The fourth-order valence-corrected chi connectivity index (χ4v) is 2.92. The minimum Gasteiger partial charge on any atom is -0.478 e. The van der Waals surface area contributed by atoms with Gasteiger partial charge in [0.05, 0.1) is 5.56 Å². The first-order valence-electron chi connectivity index (χ1n) is 7.83. The number of nitrogens with one attached hydrogen (secondary N) is 1. The Labute approximate surface area is 146 Å². The van der Waals surface area contributed by atoms with Crippen LogP contribution in [0.25, 0.3) is 0 Å². The molecular formula is C19H21NO3S. The van der Waals surface area contributed by atoms with E-state index in [0.717, 1.165) is 11.3 Å². The van der Waals surface area contributed by atoms with Gasteiger partial charge in [0.2, 0.25) is 5.91 Å². The van der Waals surface area contributed by atoms with E-state index in [9.17, 15) is 9.59 Å². The molecule has 0 spiro atoms. The third-order valence-electron chi connectivity index (χ3n) is 3.56. The van der Waals surface area contributed by atoms with Gasteiger partial charge in [-0.05, 0) is 43.2 Å². The summed E-state index contributed by atoms with van der Waals surface area (Å²) in [6.07, 6.45) is 1.01. The first kappa shape index (κ1) is 18.1. The number of aryl methyl sites for hydroxylation is 2. The Morgan fingerprint density at radius 1 is 1.04 bits per heavy atom. The number of hydrogen-bond donors (Lipinski definition) is 2. The van der Waals surface area contributed by atoms with Crippen LogP contribution in [0.3, 0.4) is 0 Å². The van der Waals surface area contributed by atoms with Crippen LogP contribution in [0, 0.1) is 6.92 Å². The molecule has 2 N–H and O–H groups in total. The van der Waals surface area contributed by atoms with Crippen molar-refractivity contribution in [1.82, 2.24) is 5.32 Å². The van der Waals surface area contributed by atoms with Gasteiger partial charge in [0.25, 0.3) is 0 Å². The zero-order chi connectivity index (χ0) is 17.4. The van der Waals surface area contributed by atoms with E-state index in [0.29, 0.717) is 19.4 Å². The average Bonchev–Trinajstić information content (AvgIpc) is 2.59. The predicted octanol–water partition coefficient (Wildman–Crippen LogP) is 3.53. The minimum atomic E-state index is -0.939. The van der Waals surface area contributed by atoms with Crippen molar-refractivity contribution < 1.29 is 14.7 Å². The lowest BCUT2D eigenvalue weighted by molar-refractivity contribution is -0.120. The Hall–Kier alpha value is -2.27. The topological polar surface area (TPSA) is 66.4 Å². The number of aromatic carboxylic acids is 1. The number of rotatable bonds is 8. The monoisotopic (exact) mass is 343 g/mol. The van der Waals surface area contributed by atoms with Gasteiger partial charge in [0, 0.05) is 23.6 Å². The van der Waals surface area contributed by atoms with Crippen molar-refractivity contribution in [1.29, 1.82) is 0 Å². The predicted molar refractivity (Wildman–Crippen MR) is 96.6 cm³/mol. The lowest BCUT2D eigenvalue weighted by Crippen LogP contribution is -2.25. The van der Waals surface area contributed by atoms with E-state index in [2.05, 4.69) is 36.5 Å². The van der Waals surface area contributed by atoms with E-state index in [-0.39, 0.29) is 11.5 Å². The second-order valence-electron chi connectivity index (χ2n) is 5.51. The summed E-state index contributed by atoms with van der Waals surface area (Å²) >= 11 is 1.72. The minimum absolute atomic E-state index is 0.0156. The molecule has 0 aromatic heterocycles. The molecule has 0 fully saturated rings. The van der Waals surface area contributed by atoms with Crippen LogP contribution in [0.5, 0.6) is 0 Å². The molecule has 2 aromatic carbocycles. The van der Waals surface area contributed by atoms with Gasteiger partial charge in [-0.3, -0.25) is 4.79 Å². The maximum absolute atomic E-state index is 11.8. The first-order valence-corrected chi connectivity index (χ1v) is 8.81. The lowest BCUT2D eigenvalue weighted by Gasteiger charge is -2.06. The summed E-state index contributed by atoms with van der Waals surface area (Å²) in [6, 6.07) is 15.0. The molecular weight excluding hydrogens is 322 g/mol.